The lowest BCUT2D eigenvalue weighted by molar-refractivity contribution is -0.0265. The molecule has 114 valence electrons. The molecule has 0 atom stereocenters. The number of halogens is 2. The molecule has 0 N–H and O–H groups in total. The van der Waals surface area contributed by atoms with Crippen molar-refractivity contribution in [2.75, 3.05) is 31.7 Å². The van der Waals surface area contributed by atoms with Gasteiger partial charge >= 0.3 is 5.97 Å². The molecule has 0 spiro atoms. The predicted octanol–water partition coefficient (Wildman–Crippen LogP) is 2.72. The number of anilines is 1. The minimum Gasteiger partial charge on any atom is -0.491 e. The van der Waals surface area contributed by atoms with Crippen LogP contribution in [-0.4, -0.2) is 38.7 Å². The molecule has 6 heteroatoms. The lowest BCUT2D eigenvalue weighted by Crippen LogP contribution is -2.56. The van der Waals surface area contributed by atoms with E-state index in [4.69, 9.17) is 4.74 Å². The van der Waals surface area contributed by atoms with Gasteiger partial charge in [0.05, 0.1) is 38.1 Å². The molecule has 4 nitrogen and oxygen atoms in total. The summed E-state index contributed by atoms with van der Waals surface area (Å²) in [7, 11) is 1.30. The third kappa shape index (κ3) is 3.09. The molecule has 1 aromatic rings. The normalized spacial score (nSPS) is 19.9. The quantitative estimate of drug-likeness (QED) is 0.783. The van der Waals surface area contributed by atoms with Crippen molar-refractivity contribution in [2.45, 2.75) is 18.8 Å². The van der Waals surface area contributed by atoms with Crippen LogP contribution in [0, 0.1) is 5.92 Å². The van der Waals surface area contributed by atoms with E-state index in [1.807, 2.05) is 0 Å². The molecule has 0 radical (unpaired) electrons. The van der Waals surface area contributed by atoms with Crippen molar-refractivity contribution < 1.29 is 23.0 Å². The average Bonchev–Trinajstić information content (AvgIpc) is 3.25. The van der Waals surface area contributed by atoms with Crippen LogP contribution in [0.1, 0.15) is 23.2 Å². The van der Waals surface area contributed by atoms with Gasteiger partial charge in [0.2, 0.25) is 0 Å². The number of carbonyl (C=O) groups excluding carboxylic acids is 1. The van der Waals surface area contributed by atoms with E-state index in [-0.39, 0.29) is 13.1 Å². The number of methoxy groups -OCH3 is 1. The molecule has 21 heavy (non-hydrogen) atoms. The summed E-state index contributed by atoms with van der Waals surface area (Å²) in [6.45, 7) is -0.0728. The van der Waals surface area contributed by atoms with E-state index in [0.29, 0.717) is 29.5 Å². The van der Waals surface area contributed by atoms with Gasteiger partial charge in [-0.05, 0) is 37.0 Å². The second-order valence-corrected chi connectivity index (χ2v) is 5.64. The van der Waals surface area contributed by atoms with Gasteiger partial charge in [-0.15, -0.1) is 0 Å². The number of hydrogen-bond donors (Lipinski definition) is 0. The summed E-state index contributed by atoms with van der Waals surface area (Å²) >= 11 is 0. The Morgan fingerprint density at radius 2 is 2.10 bits per heavy atom. The average molecular weight is 297 g/mol. The molecule has 0 unspecified atom stereocenters. The zero-order chi connectivity index (χ0) is 15.0. The van der Waals surface area contributed by atoms with Gasteiger partial charge in [0.15, 0.2) is 0 Å². The first kappa shape index (κ1) is 14.1. The first-order valence-corrected chi connectivity index (χ1v) is 6.96. The van der Waals surface area contributed by atoms with Crippen LogP contribution in [0.4, 0.5) is 14.5 Å². The Hall–Kier alpha value is -1.85. The van der Waals surface area contributed by atoms with E-state index < -0.39 is 11.9 Å². The SMILES string of the molecule is COC(=O)c1ccc(N2CC(F)(F)C2)c(OCC2CC2)c1. The summed E-state index contributed by atoms with van der Waals surface area (Å²) < 4.78 is 36.5. The van der Waals surface area contributed by atoms with E-state index in [2.05, 4.69) is 4.74 Å². The van der Waals surface area contributed by atoms with Crippen LogP contribution in [0.3, 0.4) is 0 Å². The van der Waals surface area contributed by atoms with Crippen LogP contribution in [0.25, 0.3) is 0 Å². The van der Waals surface area contributed by atoms with Gasteiger partial charge in [-0.3, -0.25) is 0 Å². The molecule has 1 aromatic carbocycles. The monoisotopic (exact) mass is 297 g/mol. The first-order valence-electron chi connectivity index (χ1n) is 6.96. The van der Waals surface area contributed by atoms with Crippen LogP contribution in [0.15, 0.2) is 18.2 Å². The molecule has 1 saturated carbocycles. The lowest BCUT2D eigenvalue weighted by Gasteiger charge is -2.41. The summed E-state index contributed by atoms with van der Waals surface area (Å²) in [5, 5.41) is 0. The Morgan fingerprint density at radius 3 is 2.67 bits per heavy atom. The second kappa shape index (κ2) is 5.16. The highest BCUT2D eigenvalue weighted by molar-refractivity contribution is 5.90. The van der Waals surface area contributed by atoms with Crippen LogP contribution in [0.2, 0.25) is 0 Å². The lowest BCUT2D eigenvalue weighted by atomic mass is 10.1. The molecule has 1 aliphatic heterocycles. The van der Waals surface area contributed by atoms with Crippen LogP contribution in [0.5, 0.6) is 5.75 Å². The Labute approximate surface area is 121 Å². The van der Waals surface area contributed by atoms with Gasteiger partial charge in [-0.1, -0.05) is 0 Å². The fourth-order valence-electron chi connectivity index (χ4n) is 2.31. The molecule has 0 bridgehead atoms. The molecule has 0 aromatic heterocycles. The van der Waals surface area contributed by atoms with Gasteiger partial charge in [-0.2, -0.15) is 0 Å². The number of carbonyl (C=O) groups is 1. The molecule has 1 saturated heterocycles. The smallest absolute Gasteiger partial charge is 0.337 e. The minimum absolute atomic E-state index is 0.315. The Balaban J connectivity index is 1.81. The highest BCUT2D eigenvalue weighted by Gasteiger charge is 2.44. The zero-order valence-corrected chi connectivity index (χ0v) is 11.8. The van der Waals surface area contributed by atoms with E-state index >= 15 is 0 Å². The van der Waals surface area contributed by atoms with E-state index in [1.54, 1.807) is 23.1 Å². The maximum Gasteiger partial charge on any atom is 0.337 e. The first-order chi connectivity index (χ1) is 9.98. The van der Waals surface area contributed by atoms with Crippen LogP contribution in [-0.2, 0) is 4.74 Å². The van der Waals surface area contributed by atoms with Crippen molar-refractivity contribution in [1.82, 2.24) is 0 Å². The molecule has 2 fully saturated rings. The number of alkyl halides is 2. The summed E-state index contributed by atoms with van der Waals surface area (Å²) in [5.74, 6) is -2.10. The molecule has 1 heterocycles. The Kier molecular flexibility index (Phi) is 3.47. The molecule has 1 aliphatic carbocycles. The number of hydrogen-bond acceptors (Lipinski definition) is 4. The fraction of sp³-hybridized carbons (Fsp3) is 0.533. The van der Waals surface area contributed by atoms with Gasteiger partial charge in [0, 0.05) is 0 Å². The number of rotatable bonds is 5. The third-order valence-electron chi connectivity index (χ3n) is 3.74. The van der Waals surface area contributed by atoms with E-state index in [0.717, 1.165) is 12.8 Å². The van der Waals surface area contributed by atoms with Crippen molar-refractivity contribution in [3.8, 4) is 5.75 Å². The van der Waals surface area contributed by atoms with Crippen molar-refractivity contribution >= 4 is 11.7 Å². The Bertz CT molecular complexity index is 550. The van der Waals surface area contributed by atoms with Gasteiger partial charge in [-0.25, -0.2) is 13.6 Å². The van der Waals surface area contributed by atoms with Crippen molar-refractivity contribution in [3.05, 3.63) is 23.8 Å². The zero-order valence-electron chi connectivity index (χ0n) is 11.8. The summed E-state index contributed by atoms with van der Waals surface area (Å²) in [6.07, 6.45) is 2.27. The van der Waals surface area contributed by atoms with E-state index in [1.165, 1.54) is 7.11 Å². The third-order valence-corrected chi connectivity index (χ3v) is 3.74. The number of nitrogens with zero attached hydrogens (tertiary/aromatic N) is 1. The second-order valence-electron chi connectivity index (χ2n) is 5.64. The van der Waals surface area contributed by atoms with Gasteiger partial charge in [0.1, 0.15) is 5.75 Å². The maximum absolute atomic E-state index is 13.0. The molecule has 2 aliphatic rings. The molecule has 0 amide bonds. The highest BCUT2D eigenvalue weighted by atomic mass is 19.3. The molecular formula is C15H17F2NO3. The minimum atomic E-state index is -2.64. The summed E-state index contributed by atoms with van der Waals surface area (Å²) in [5.41, 5.74) is 0.966. The molecule has 3 rings (SSSR count). The highest BCUT2D eigenvalue weighted by Crippen LogP contribution is 2.39. The van der Waals surface area contributed by atoms with E-state index in [9.17, 15) is 13.6 Å². The number of ether oxygens (including phenoxy) is 2. The van der Waals surface area contributed by atoms with Crippen molar-refractivity contribution in [1.29, 1.82) is 0 Å². The van der Waals surface area contributed by atoms with Crippen molar-refractivity contribution in [2.24, 2.45) is 5.92 Å². The van der Waals surface area contributed by atoms with Gasteiger partial charge < -0.3 is 14.4 Å². The topological polar surface area (TPSA) is 38.8 Å². The predicted molar refractivity (Wildman–Crippen MR) is 73.2 cm³/mol. The summed E-state index contributed by atoms with van der Waals surface area (Å²) in [4.78, 5) is 13.1. The number of benzene rings is 1. The maximum atomic E-state index is 13.0. The van der Waals surface area contributed by atoms with Crippen molar-refractivity contribution in [3.63, 3.8) is 0 Å². The standard InChI is InChI=1S/C15H17F2NO3/c1-20-14(19)11-4-5-12(18-8-15(16,17)9-18)13(6-11)21-7-10-2-3-10/h4-6,10H,2-3,7-9H2,1H3. The molecular weight excluding hydrogens is 280 g/mol. The fourth-order valence-corrected chi connectivity index (χ4v) is 2.31. The summed E-state index contributed by atoms with van der Waals surface area (Å²) in [6, 6.07) is 4.78. The Morgan fingerprint density at radius 1 is 1.38 bits per heavy atom. The number of esters is 1. The van der Waals surface area contributed by atoms with Gasteiger partial charge in [0.25, 0.3) is 5.92 Å². The largest absolute Gasteiger partial charge is 0.491 e. The van der Waals surface area contributed by atoms with Crippen LogP contribution >= 0.6 is 0 Å². The van der Waals surface area contributed by atoms with Crippen LogP contribution < -0.4 is 9.64 Å².